The van der Waals surface area contributed by atoms with Crippen molar-refractivity contribution in [2.45, 2.75) is 12.8 Å². The number of rotatable bonds is 2. The van der Waals surface area contributed by atoms with Crippen LogP contribution in [-0.2, 0) is 25.9 Å². The third kappa shape index (κ3) is 6.00. The number of carbonyl (C=O) groups excluding carboxylic acids is 1. The summed E-state index contributed by atoms with van der Waals surface area (Å²) in [7, 11) is 1.30. The van der Waals surface area contributed by atoms with Crippen LogP contribution in [0.1, 0.15) is 12.8 Å². The Labute approximate surface area is 69.3 Å². The van der Waals surface area contributed by atoms with Crippen molar-refractivity contribution in [3.8, 4) is 0 Å². The molecule has 4 heteroatoms. The number of carbonyl (C=O) groups is 1. The maximum absolute atomic E-state index is 10.4. The Hall–Kier alpha value is 0.118. The van der Waals surface area contributed by atoms with Gasteiger partial charge in [0.05, 0.1) is 0 Å². The molecule has 0 heterocycles. The Bertz CT molecular complexity index is 85.0. The minimum atomic E-state index is -0.292. The molecule has 0 atom stereocenters. The normalized spacial score (nSPS) is 7.89. The number of amides is 1. The van der Waals surface area contributed by atoms with E-state index in [0.717, 1.165) is 0 Å². The first-order valence-electron chi connectivity index (χ1n) is 2.43. The topological polar surface area (TPSA) is 40.5 Å². The SMILES string of the molecule is [CH2-]CCC(=O)N(C)O.[W]. The monoisotopic (exact) mass is 300 g/mol. The van der Waals surface area contributed by atoms with E-state index in [9.17, 15) is 4.79 Å². The molecule has 0 bridgehead atoms. The molecular weight excluding hydrogens is 290 g/mol. The van der Waals surface area contributed by atoms with Gasteiger partial charge < -0.3 is 6.92 Å². The zero-order valence-electron chi connectivity index (χ0n) is 5.33. The van der Waals surface area contributed by atoms with Crippen LogP contribution in [0.4, 0.5) is 0 Å². The van der Waals surface area contributed by atoms with Crippen molar-refractivity contribution < 1.29 is 31.1 Å². The molecule has 1 amide bonds. The van der Waals surface area contributed by atoms with Gasteiger partial charge in [-0.15, -0.1) is 0 Å². The van der Waals surface area contributed by atoms with E-state index in [0.29, 0.717) is 17.9 Å². The zero-order valence-corrected chi connectivity index (χ0v) is 8.27. The molecule has 0 unspecified atom stereocenters. The van der Waals surface area contributed by atoms with Crippen molar-refractivity contribution >= 4 is 5.91 Å². The van der Waals surface area contributed by atoms with E-state index in [1.54, 1.807) is 0 Å². The molecule has 3 nitrogen and oxygen atoms in total. The van der Waals surface area contributed by atoms with Crippen LogP contribution in [0.2, 0.25) is 0 Å². The van der Waals surface area contributed by atoms with Crippen molar-refractivity contribution in [1.82, 2.24) is 5.06 Å². The van der Waals surface area contributed by atoms with Crippen LogP contribution in [0.25, 0.3) is 0 Å². The molecule has 0 spiro atoms. The first kappa shape index (κ1) is 11.9. The average molecular weight is 300 g/mol. The number of hydrogen-bond donors (Lipinski definition) is 1. The third-order valence-corrected chi connectivity index (χ3v) is 0.752. The Balaban J connectivity index is 0. The van der Waals surface area contributed by atoms with Gasteiger partial charge in [0.25, 0.3) is 0 Å². The van der Waals surface area contributed by atoms with Crippen LogP contribution in [0.3, 0.4) is 0 Å². The summed E-state index contributed by atoms with van der Waals surface area (Å²) in [6.07, 6.45) is 0.844. The Morgan fingerprint density at radius 2 is 2.22 bits per heavy atom. The zero-order chi connectivity index (χ0) is 6.57. The number of hydrogen-bond acceptors (Lipinski definition) is 2. The van der Waals surface area contributed by atoms with E-state index < -0.39 is 0 Å². The van der Waals surface area contributed by atoms with E-state index in [4.69, 9.17) is 5.21 Å². The maximum Gasteiger partial charge on any atom is 0.243 e. The second-order valence-electron chi connectivity index (χ2n) is 1.52. The van der Waals surface area contributed by atoms with Gasteiger partial charge in [0.15, 0.2) is 0 Å². The van der Waals surface area contributed by atoms with Gasteiger partial charge in [-0.25, -0.2) is 5.06 Å². The van der Waals surface area contributed by atoms with Gasteiger partial charge in [0.2, 0.25) is 5.91 Å². The minimum absolute atomic E-state index is 0. The van der Waals surface area contributed by atoms with E-state index >= 15 is 0 Å². The average Bonchev–Trinajstić information content (AvgIpc) is 1.67. The minimum Gasteiger partial charge on any atom is -0.343 e. The number of hydroxylamine groups is 2. The standard InChI is InChI=1S/C5H10NO2.W/c1-3-4-5(7)6(2)8;/h8H,1,3-4H2,2H3;/q-1;. The molecule has 0 radical (unpaired) electrons. The Kier molecular flexibility index (Phi) is 8.23. The van der Waals surface area contributed by atoms with Crippen LogP contribution in [0.15, 0.2) is 0 Å². The Morgan fingerprint density at radius 1 is 1.78 bits per heavy atom. The predicted octanol–water partition coefficient (Wildman–Crippen LogP) is 0.446. The van der Waals surface area contributed by atoms with Crippen molar-refractivity contribution in [2.24, 2.45) is 0 Å². The molecule has 0 saturated heterocycles. The van der Waals surface area contributed by atoms with Crippen LogP contribution in [-0.4, -0.2) is 23.2 Å². The largest absolute Gasteiger partial charge is 0.343 e. The Morgan fingerprint density at radius 3 is 2.33 bits per heavy atom. The second kappa shape index (κ2) is 6.24. The molecule has 0 saturated carbocycles. The molecule has 54 valence electrons. The van der Waals surface area contributed by atoms with Gasteiger partial charge in [-0.3, -0.25) is 10.0 Å². The first-order chi connectivity index (χ1) is 3.68. The van der Waals surface area contributed by atoms with Gasteiger partial charge in [-0.05, 0) is 0 Å². The summed E-state index contributed by atoms with van der Waals surface area (Å²) >= 11 is 0. The van der Waals surface area contributed by atoms with Gasteiger partial charge in [-0.2, -0.15) is 6.42 Å². The van der Waals surface area contributed by atoms with Gasteiger partial charge in [0.1, 0.15) is 0 Å². The summed E-state index contributed by atoms with van der Waals surface area (Å²) in [5.74, 6) is -0.292. The third-order valence-electron chi connectivity index (χ3n) is 0.752. The summed E-state index contributed by atoms with van der Waals surface area (Å²) in [6.45, 7) is 3.45. The molecule has 0 aromatic heterocycles. The molecule has 0 aromatic rings. The summed E-state index contributed by atoms with van der Waals surface area (Å²) < 4.78 is 0. The van der Waals surface area contributed by atoms with Gasteiger partial charge in [0, 0.05) is 34.5 Å². The molecule has 1 N–H and O–H groups in total. The van der Waals surface area contributed by atoms with E-state index in [1.807, 2.05) is 0 Å². The molecule has 0 aliphatic rings. The predicted molar refractivity (Wildman–Crippen MR) is 29.1 cm³/mol. The quantitative estimate of drug-likeness (QED) is 0.457. The van der Waals surface area contributed by atoms with Crippen molar-refractivity contribution in [1.29, 1.82) is 0 Å². The smallest absolute Gasteiger partial charge is 0.243 e. The number of nitrogens with zero attached hydrogens (tertiary/aromatic N) is 1. The van der Waals surface area contributed by atoms with E-state index in [-0.39, 0.29) is 27.0 Å². The van der Waals surface area contributed by atoms with Crippen LogP contribution in [0.5, 0.6) is 0 Å². The molecule has 0 aromatic carbocycles. The molecular formula is C5H10NO2W-. The second-order valence-corrected chi connectivity index (χ2v) is 1.52. The summed E-state index contributed by atoms with van der Waals surface area (Å²) in [5, 5.41) is 8.98. The van der Waals surface area contributed by atoms with Gasteiger partial charge >= 0.3 is 0 Å². The van der Waals surface area contributed by atoms with Crippen molar-refractivity contribution in [3.05, 3.63) is 6.92 Å². The summed E-state index contributed by atoms with van der Waals surface area (Å²) in [5.41, 5.74) is 0. The molecule has 0 aliphatic heterocycles. The fourth-order valence-corrected chi connectivity index (χ4v) is 0.313. The first-order valence-corrected chi connectivity index (χ1v) is 2.43. The van der Waals surface area contributed by atoms with Crippen LogP contribution in [0, 0.1) is 6.92 Å². The van der Waals surface area contributed by atoms with Gasteiger partial charge in [-0.1, -0.05) is 0 Å². The molecule has 9 heavy (non-hydrogen) atoms. The molecule has 0 aliphatic carbocycles. The van der Waals surface area contributed by atoms with Crippen molar-refractivity contribution in [3.63, 3.8) is 0 Å². The fourth-order valence-electron chi connectivity index (χ4n) is 0.313. The molecule has 0 fully saturated rings. The van der Waals surface area contributed by atoms with Crippen molar-refractivity contribution in [2.75, 3.05) is 7.05 Å². The molecule has 0 rings (SSSR count). The van der Waals surface area contributed by atoms with E-state index in [1.165, 1.54) is 7.05 Å². The van der Waals surface area contributed by atoms with E-state index in [2.05, 4.69) is 6.92 Å². The summed E-state index contributed by atoms with van der Waals surface area (Å²) in [4.78, 5) is 10.4. The van der Waals surface area contributed by atoms with Crippen LogP contribution >= 0.6 is 0 Å². The maximum atomic E-state index is 10.4. The summed E-state index contributed by atoms with van der Waals surface area (Å²) in [6, 6.07) is 0. The fraction of sp³-hybridized carbons (Fsp3) is 0.600. The van der Waals surface area contributed by atoms with Crippen LogP contribution < -0.4 is 0 Å².